The van der Waals surface area contributed by atoms with Crippen LogP contribution in [0, 0.1) is 0 Å². The highest BCUT2D eigenvalue weighted by Gasteiger charge is 2.26. The summed E-state index contributed by atoms with van der Waals surface area (Å²) in [4.78, 5) is 15.6. The Balaban J connectivity index is 2.19. The highest BCUT2D eigenvalue weighted by Crippen LogP contribution is 2.27. The Bertz CT molecular complexity index is 421. The number of anilines is 1. The Morgan fingerprint density at radius 2 is 2.50 bits per heavy atom. The Morgan fingerprint density at radius 3 is 3.06 bits per heavy atom. The summed E-state index contributed by atoms with van der Waals surface area (Å²) in [6.45, 7) is 0. The summed E-state index contributed by atoms with van der Waals surface area (Å²) >= 11 is 4.19. The van der Waals surface area contributed by atoms with Gasteiger partial charge in [0.05, 0.1) is 6.10 Å². The van der Waals surface area contributed by atoms with Crippen molar-refractivity contribution < 1.29 is 4.74 Å². The van der Waals surface area contributed by atoms with Gasteiger partial charge >= 0.3 is 5.69 Å². The van der Waals surface area contributed by atoms with E-state index in [2.05, 4.69) is 22.9 Å². The fourth-order valence-corrected chi connectivity index (χ4v) is 2.07. The second-order valence-electron chi connectivity index (χ2n) is 3.73. The lowest BCUT2D eigenvalue weighted by atomic mass is 10.2. The van der Waals surface area contributed by atoms with Crippen LogP contribution >= 0.6 is 12.6 Å². The molecule has 6 heteroatoms. The van der Waals surface area contributed by atoms with Crippen LogP contribution < -0.4 is 11.0 Å². The minimum Gasteiger partial charge on any atom is -0.373 e. The first kappa shape index (κ1) is 11.5. The van der Waals surface area contributed by atoms with E-state index in [1.54, 1.807) is 19.3 Å². The lowest BCUT2D eigenvalue weighted by molar-refractivity contribution is 0.0103. The molecular formula is C10H15N3O2S. The number of hydrogen-bond donors (Lipinski definition) is 2. The third-order valence-electron chi connectivity index (χ3n) is 2.69. The lowest BCUT2D eigenvalue weighted by Gasteiger charge is -2.14. The molecule has 5 nitrogen and oxygen atoms in total. The lowest BCUT2D eigenvalue weighted by Crippen LogP contribution is -2.27. The summed E-state index contributed by atoms with van der Waals surface area (Å²) in [5, 5.41) is 2.83. The van der Waals surface area contributed by atoms with E-state index in [1.165, 1.54) is 4.57 Å². The molecule has 0 aromatic carbocycles. The van der Waals surface area contributed by atoms with E-state index in [-0.39, 0.29) is 18.0 Å². The predicted molar refractivity (Wildman–Crippen MR) is 65.0 cm³/mol. The molecule has 2 rings (SSSR count). The van der Waals surface area contributed by atoms with E-state index in [9.17, 15) is 4.79 Å². The molecular weight excluding hydrogens is 226 g/mol. The quantitative estimate of drug-likeness (QED) is 0.772. The van der Waals surface area contributed by atoms with Gasteiger partial charge in [0.1, 0.15) is 12.0 Å². The average Bonchev–Trinajstić information content (AvgIpc) is 2.77. The highest BCUT2D eigenvalue weighted by molar-refractivity contribution is 7.80. The second kappa shape index (κ2) is 4.88. The van der Waals surface area contributed by atoms with Crippen LogP contribution in [0.1, 0.15) is 19.1 Å². The van der Waals surface area contributed by atoms with Gasteiger partial charge in [-0.3, -0.25) is 4.57 Å². The monoisotopic (exact) mass is 241 g/mol. The van der Waals surface area contributed by atoms with Crippen molar-refractivity contribution in [1.82, 2.24) is 9.55 Å². The van der Waals surface area contributed by atoms with E-state index in [0.29, 0.717) is 11.6 Å². The fraction of sp³-hybridized carbons (Fsp3) is 0.600. The Hall–Kier alpha value is -1.01. The number of nitrogens with one attached hydrogen (secondary N) is 1. The van der Waals surface area contributed by atoms with Gasteiger partial charge in [0.15, 0.2) is 0 Å². The molecule has 16 heavy (non-hydrogen) atoms. The summed E-state index contributed by atoms with van der Waals surface area (Å²) in [5.41, 5.74) is -0.281. The third kappa shape index (κ3) is 2.22. The molecule has 1 aliphatic heterocycles. The summed E-state index contributed by atoms with van der Waals surface area (Å²) in [7, 11) is 1.73. The molecule has 0 spiro atoms. The molecule has 1 aromatic rings. The number of rotatable bonds is 3. The van der Waals surface area contributed by atoms with Crippen molar-refractivity contribution in [2.24, 2.45) is 0 Å². The topological polar surface area (TPSA) is 56.2 Å². The third-order valence-corrected chi connectivity index (χ3v) is 3.09. The summed E-state index contributed by atoms with van der Waals surface area (Å²) in [6, 6.07) is 1.76. The first-order chi connectivity index (χ1) is 7.74. The van der Waals surface area contributed by atoms with Gasteiger partial charge in [0.2, 0.25) is 0 Å². The van der Waals surface area contributed by atoms with Gasteiger partial charge in [-0.1, -0.05) is 0 Å². The minimum atomic E-state index is -0.281. The van der Waals surface area contributed by atoms with Crippen LogP contribution in [0.5, 0.6) is 0 Å². The van der Waals surface area contributed by atoms with Gasteiger partial charge < -0.3 is 10.1 Å². The first-order valence-corrected chi connectivity index (χ1v) is 5.91. The zero-order valence-corrected chi connectivity index (χ0v) is 9.98. The summed E-state index contributed by atoms with van der Waals surface area (Å²) < 4.78 is 7.21. The van der Waals surface area contributed by atoms with Gasteiger partial charge in [0.25, 0.3) is 0 Å². The maximum absolute atomic E-state index is 11.7. The van der Waals surface area contributed by atoms with Crippen LogP contribution in [0.2, 0.25) is 0 Å². The number of thiol groups is 1. The van der Waals surface area contributed by atoms with Gasteiger partial charge in [-0.15, -0.1) is 0 Å². The molecule has 2 heterocycles. The van der Waals surface area contributed by atoms with Crippen molar-refractivity contribution in [3.8, 4) is 0 Å². The van der Waals surface area contributed by atoms with Crippen LogP contribution in [-0.2, 0) is 4.74 Å². The molecule has 1 aliphatic rings. The molecule has 1 saturated heterocycles. The normalized spacial score (nSPS) is 24.6. The maximum atomic E-state index is 11.7. The predicted octanol–water partition coefficient (Wildman–Crippen LogP) is 0.892. The molecule has 1 fully saturated rings. The zero-order valence-electron chi connectivity index (χ0n) is 9.09. The van der Waals surface area contributed by atoms with Gasteiger partial charge in [0, 0.05) is 19.0 Å². The van der Waals surface area contributed by atoms with Crippen molar-refractivity contribution in [1.29, 1.82) is 0 Å². The van der Waals surface area contributed by atoms with Gasteiger partial charge in [-0.2, -0.15) is 17.6 Å². The van der Waals surface area contributed by atoms with Crippen molar-refractivity contribution in [3.05, 3.63) is 22.7 Å². The first-order valence-electron chi connectivity index (χ1n) is 5.28. The van der Waals surface area contributed by atoms with E-state index >= 15 is 0 Å². The van der Waals surface area contributed by atoms with E-state index in [4.69, 9.17) is 4.74 Å². The molecule has 0 bridgehead atoms. The average molecular weight is 241 g/mol. The molecule has 0 amide bonds. The number of ether oxygens (including phenoxy) is 1. The standard InChI is InChI=1S/C10H15N3O2S/c1-11-8-4-5-13(10(14)12-8)9-3-2-7(6-16)15-9/h4-5,7,9,16H,2-3,6H2,1H3,(H,11,12,14)/t7-,9+/m0/s1. The number of aromatic nitrogens is 2. The van der Waals surface area contributed by atoms with E-state index < -0.39 is 0 Å². The smallest absolute Gasteiger partial charge is 0.351 e. The van der Waals surface area contributed by atoms with Gasteiger partial charge in [-0.05, 0) is 18.9 Å². The van der Waals surface area contributed by atoms with Crippen molar-refractivity contribution in [2.45, 2.75) is 25.2 Å². The number of nitrogens with zero attached hydrogens (tertiary/aromatic N) is 2. The fourth-order valence-electron chi connectivity index (χ4n) is 1.80. The van der Waals surface area contributed by atoms with Crippen LogP contribution in [0.15, 0.2) is 17.1 Å². The molecule has 0 aliphatic carbocycles. The van der Waals surface area contributed by atoms with E-state index in [1.807, 2.05) is 0 Å². The SMILES string of the molecule is CNc1ccn([C@H]2CC[C@@H](CS)O2)c(=O)n1. The molecule has 2 atom stereocenters. The summed E-state index contributed by atoms with van der Waals surface area (Å²) in [5.74, 6) is 1.26. The largest absolute Gasteiger partial charge is 0.373 e. The molecule has 0 saturated carbocycles. The second-order valence-corrected chi connectivity index (χ2v) is 4.09. The minimum absolute atomic E-state index is 0.143. The molecule has 1 aromatic heterocycles. The number of hydrogen-bond acceptors (Lipinski definition) is 5. The molecule has 0 radical (unpaired) electrons. The Kier molecular flexibility index (Phi) is 3.50. The highest BCUT2D eigenvalue weighted by atomic mass is 32.1. The van der Waals surface area contributed by atoms with Crippen LogP contribution in [0.3, 0.4) is 0 Å². The van der Waals surface area contributed by atoms with Gasteiger partial charge in [-0.25, -0.2) is 4.79 Å². The zero-order chi connectivity index (χ0) is 11.5. The Labute approximate surface area is 99.2 Å². The maximum Gasteiger partial charge on any atom is 0.351 e. The van der Waals surface area contributed by atoms with Crippen LogP contribution in [-0.4, -0.2) is 28.5 Å². The summed E-state index contributed by atoms with van der Waals surface area (Å²) in [6.07, 6.45) is 3.44. The Morgan fingerprint density at radius 1 is 1.69 bits per heavy atom. The van der Waals surface area contributed by atoms with Crippen LogP contribution in [0.25, 0.3) is 0 Å². The van der Waals surface area contributed by atoms with Crippen molar-refractivity contribution in [2.75, 3.05) is 18.1 Å². The van der Waals surface area contributed by atoms with Crippen molar-refractivity contribution in [3.63, 3.8) is 0 Å². The molecule has 1 N–H and O–H groups in total. The van der Waals surface area contributed by atoms with Crippen molar-refractivity contribution >= 4 is 18.4 Å². The van der Waals surface area contributed by atoms with Crippen LogP contribution in [0.4, 0.5) is 5.82 Å². The van der Waals surface area contributed by atoms with E-state index in [0.717, 1.165) is 12.8 Å². The molecule has 88 valence electrons. The molecule has 0 unspecified atom stereocenters.